The number of rotatable bonds is 21. The van der Waals surface area contributed by atoms with Crippen molar-refractivity contribution in [2.45, 2.75) is 170 Å². The van der Waals surface area contributed by atoms with Crippen molar-refractivity contribution in [3.05, 3.63) is 145 Å². The summed E-state index contributed by atoms with van der Waals surface area (Å²) in [6.07, 6.45) is 23.2. The number of benzene rings is 3. The molecule has 6 bridgehead atoms. The Kier molecular flexibility index (Phi) is 25.5. The summed E-state index contributed by atoms with van der Waals surface area (Å²) in [5.41, 5.74) is -3.06. The van der Waals surface area contributed by atoms with Crippen molar-refractivity contribution in [2.24, 2.45) is 35.5 Å². The number of carbonyl (C=O) groups is 6. The van der Waals surface area contributed by atoms with E-state index in [2.05, 4.69) is 31.4 Å². The number of hydrogen-bond donors (Lipinski definition) is 6. The van der Waals surface area contributed by atoms with Gasteiger partial charge in [0.05, 0.1) is 39.3 Å². The van der Waals surface area contributed by atoms with Crippen LogP contribution in [0.15, 0.2) is 142 Å². The minimum atomic E-state index is -5.39. The molecule has 12 aliphatic rings. The van der Waals surface area contributed by atoms with Crippen LogP contribution in [0.5, 0.6) is 0 Å². The van der Waals surface area contributed by atoms with Crippen molar-refractivity contribution in [1.82, 2.24) is 15.5 Å². The molecule has 0 radical (unpaired) electrons. The van der Waals surface area contributed by atoms with Crippen LogP contribution in [0.2, 0.25) is 0 Å². The number of fused-ring (bicyclic) bond motifs is 9. The van der Waals surface area contributed by atoms with Crippen molar-refractivity contribution in [1.29, 1.82) is 0 Å². The molecule has 29 heteroatoms. The maximum atomic E-state index is 13.7. The molecule has 28 nitrogen and oxygen atoms in total. The highest BCUT2D eigenvalue weighted by Crippen LogP contribution is 2.47. The van der Waals surface area contributed by atoms with Gasteiger partial charge in [-0.05, 0) is 55.2 Å². The van der Waals surface area contributed by atoms with E-state index >= 15 is 0 Å². The van der Waals surface area contributed by atoms with Gasteiger partial charge in [0.15, 0.2) is 72.2 Å². The summed E-state index contributed by atoms with van der Waals surface area (Å²) in [6, 6.07) is 32.6. The smallest absolute Gasteiger partial charge is 0.343 e. The molecule has 3 saturated carbocycles. The fourth-order valence-electron chi connectivity index (χ4n) is 18.9. The lowest BCUT2D eigenvalue weighted by molar-refractivity contribution is -0.939. The number of esters is 3. The van der Waals surface area contributed by atoms with Gasteiger partial charge in [0.25, 0.3) is 17.7 Å². The first kappa shape index (κ1) is 78.6. The molecule has 18 rings (SSSR count). The van der Waals surface area contributed by atoms with E-state index in [-0.39, 0.29) is 71.5 Å². The Hall–Kier alpha value is -8.02. The zero-order chi connectivity index (χ0) is 75.3. The van der Waals surface area contributed by atoms with Gasteiger partial charge in [0.2, 0.25) is 0 Å². The Morgan fingerprint density at radius 3 is 0.841 bits per heavy atom. The average molecular weight is 1500 g/mol. The van der Waals surface area contributed by atoms with Gasteiger partial charge in [-0.15, -0.1) is 0 Å². The minimum Gasteiger partial charge on any atom is -0.822 e. The van der Waals surface area contributed by atoms with Gasteiger partial charge >= 0.3 is 17.9 Å². The third kappa shape index (κ3) is 19.2. The second-order valence-electron chi connectivity index (χ2n) is 31.4. The van der Waals surface area contributed by atoms with E-state index in [4.69, 9.17) is 47.0 Å². The number of phosphoric acid groups is 1. The van der Waals surface area contributed by atoms with Crippen molar-refractivity contribution in [2.75, 3.05) is 94.5 Å². The first-order valence-electron chi connectivity index (χ1n) is 38.3. The summed E-state index contributed by atoms with van der Waals surface area (Å²) in [5, 5.41) is 55.2. The van der Waals surface area contributed by atoms with Gasteiger partial charge in [-0.3, -0.25) is 14.4 Å². The molecule has 3 aromatic carbocycles. The quantitative estimate of drug-likeness (QED) is 0.0185. The van der Waals surface area contributed by atoms with Gasteiger partial charge in [-0.2, -0.15) is 7.82 Å². The lowest BCUT2D eigenvalue weighted by Gasteiger charge is -2.52. The van der Waals surface area contributed by atoms with Gasteiger partial charge in [0, 0.05) is 92.2 Å². The van der Waals surface area contributed by atoms with E-state index in [0.717, 1.165) is 174 Å². The summed E-state index contributed by atoms with van der Waals surface area (Å²) >= 11 is 0. The number of amides is 3. The Morgan fingerprint density at radius 1 is 0.393 bits per heavy atom. The third-order valence-electron chi connectivity index (χ3n) is 24.6. The molecule has 6 N–H and O–H groups in total. The third-order valence-corrected chi connectivity index (χ3v) is 24.6. The number of aliphatic hydroxyl groups is 3. The monoisotopic (exact) mass is 1500 g/mol. The van der Waals surface area contributed by atoms with Crippen LogP contribution < -0.4 is 30.6 Å². The van der Waals surface area contributed by atoms with Gasteiger partial charge < -0.3 is 91.7 Å². The Labute approximate surface area is 622 Å². The highest BCUT2D eigenvalue weighted by molar-refractivity contribution is 7.40. The van der Waals surface area contributed by atoms with Crippen LogP contribution in [0, 0.1) is 35.5 Å². The highest BCUT2D eigenvalue weighted by Gasteiger charge is 2.57. The maximum absolute atomic E-state index is 13.7. The molecule has 6 atom stereocenters. The molecular formula is C78H102N9O19P. The van der Waals surface area contributed by atoms with E-state index in [0.29, 0.717) is 86.9 Å². The molecule has 0 unspecified atom stereocenters. The molecule has 9 aliphatic heterocycles. The number of piperidine rings is 9. The van der Waals surface area contributed by atoms with E-state index < -0.39 is 42.5 Å². The van der Waals surface area contributed by atoms with Crippen LogP contribution in [0.3, 0.4) is 0 Å². The van der Waals surface area contributed by atoms with Gasteiger partial charge in [-0.25, -0.2) is 14.4 Å². The summed E-state index contributed by atoms with van der Waals surface area (Å²) in [6.45, 7) is 8.01. The standard InChI is InChI=1S/3C26H33N3O5.H3O4P/c3*30-24(27-23-13-16-33-28-23)18-29-14-11-19(12-15-29)22(17-29)34-25(31)26(32,20-7-3-1-4-8-20)21-9-5-2-6-10-21;1-5(2,3)4/h3*1,3-4,7-8,13,16,19,21-22,32H,2,5-6,9-12,14-15,17-18H2;(H3,1,2,3,4)/t3*19?,22-,26-,29?;/m000./s1. The van der Waals surface area contributed by atoms with Crippen LogP contribution in [-0.4, -0.2) is 177 Å². The molecule has 3 aliphatic carbocycles. The summed E-state index contributed by atoms with van der Waals surface area (Å²) in [4.78, 5) is 105. The number of nitrogens with zero attached hydrogens (tertiary/aromatic N) is 6. The molecule has 107 heavy (non-hydrogen) atoms. The maximum Gasteiger partial charge on any atom is 0.343 e. The van der Waals surface area contributed by atoms with Crippen LogP contribution in [0.1, 0.15) is 152 Å². The Morgan fingerprint density at radius 2 is 0.626 bits per heavy atom. The zero-order valence-electron chi connectivity index (χ0n) is 60.7. The molecule has 12 heterocycles. The van der Waals surface area contributed by atoms with Gasteiger partial charge in [-0.1, -0.05) is 164 Å². The van der Waals surface area contributed by atoms with Gasteiger partial charge in [0.1, 0.15) is 38.4 Å². The predicted molar refractivity (Wildman–Crippen MR) is 381 cm³/mol. The SMILES string of the molecule is O=C(C[N+]12CCC(CC1)[C@@H](OC(=O)[C@](O)(c1ccccc1)C1CCCCC1)C2)Nc1ccon1.O=C(C[N+]12CCC(CC1)[C@@H](OC(=O)[C@](O)(c1ccccc1)C1CCCCC1)C2)Nc1ccon1.O=C(C[N+]12CCC(CC1)[C@@H](OC(=O)[C@](O)(c1ccccc1)C1CCCCC1)C2)Nc1ccon1.O=P([O-])([O-])[O-]. The van der Waals surface area contributed by atoms with E-state index in [1.54, 1.807) is 18.2 Å². The topological polar surface area (TPSA) is 391 Å². The summed E-state index contributed by atoms with van der Waals surface area (Å²) in [7, 11) is -5.39. The molecule has 3 aromatic heterocycles. The first-order valence-corrected chi connectivity index (χ1v) is 39.8. The van der Waals surface area contributed by atoms with E-state index in [9.17, 15) is 44.1 Å². The number of anilines is 3. The number of carbonyl (C=O) groups excluding carboxylic acids is 6. The number of ether oxygens (including phenoxy) is 3. The number of nitrogens with one attached hydrogen (secondary N) is 3. The normalized spacial score (nSPS) is 27.9. The van der Waals surface area contributed by atoms with E-state index in [1.807, 2.05) is 91.0 Å². The fraction of sp³-hybridized carbons (Fsp3) is 0.577. The van der Waals surface area contributed by atoms with Crippen molar-refractivity contribution < 1.29 is 105 Å². The molecule has 6 aromatic rings. The van der Waals surface area contributed by atoms with Crippen molar-refractivity contribution >= 4 is 60.9 Å². The molecule has 9 saturated heterocycles. The average Bonchev–Trinajstić information content (AvgIpc) is 1.16. The predicted octanol–water partition coefficient (Wildman–Crippen LogP) is 6.88. The molecule has 0 spiro atoms. The summed E-state index contributed by atoms with van der Waals surface area (Å²) in [5.74, 6) is -0.381. The molecule has 578 valence electrons. The van der Waals surface area contributed by atoms with E-state index in [1.165, 1.54) is 18.8 Å². The number of quaternary nitrogens is 3. The van der Waals surface area contributed by atoms with Crippen molar-refractivity contribution in [3.63, 3.8) is 0 Å². The summed E-state index contributed by atoms with van der Waals surface area (Å²) < 4.78 is 43.1. The molecular weight excluding hydrogens is 1400 g/mol. The van der Waals surface area contributed by atoms with Crippen molar-refractivity contribution in [3.8, 4) is 0 Å². The first-order chi connectivity index (χ1) is 51.5. The second kappa shape index (κ2) is 34.7. The lowest BCUT2D eigenvalue weighted by Crippen LogP contribution is -2.66. The lowest BCUT2D eigenvalue weighted by atomic mass is 9.73. The highest BCUT2D eigenvalue weighted by atomic mass is 31.2. The van der Waals surface area contributed by atoms with Crippen LogP contribution >= 0.6 is 7.82 Å². The Balaban J connectivity index is 0.000000145. The second-order valence-corrected chi connectivity index (χ2v) is 32.3. The minimum absolute atomic E-state index is 0.123. The number of hydrogen-bond acceptors (Lipinski definition) is 22. The number of aromatic nitrogens is 3. The zero-order valence-corrected chi connectivity index (χ0v) is 61.6. The van der Waals surface area contributed by atoms with Crippen LogP contribution in [0.25, 0.3) is 0 Å². The molecule has 3 amide bonds. The van der Waals surface area contributed by atoms with Crippen LogP contribution in [0.4, 0.5) is 17.5 Å². The molecule has 12 fully saturated rings. The van der Waals surface area contributed by atoms with Crippen LogP contribution in [-0.2, 0) is 64.3 Å². The largest absolute Gasteiger partial charge is 0.822 e. The fourth-order valence-corrected chi connectivity index (χ4v) is 18.9. The Bertz CT molecular complexity index is 3510.